The Bertz CT molecular complexity index is 466. The number of hydrogen-bond acceptors (Lipinski definition) is 2. The molecule has 1 aromatic rings. The zero-order valence-electron chi connectivity index (χ0n) is 12.2. The second kappa shape index (κ2) is 6.40. The van der Waals surface area contributed by atoms with Gasteiger partial charge in [-0.05, 0) is 43.5 Å². The van der Waals surface area contributed by atoms with Gasteiger partial charge in [0, 0.05) is 26.1 Å². The molecule has 2 aliphatic heterocycles. The molecule has 0 aromatic heterocycles. The lowest BCUT2D eigenvalue weighted by molar-refractivity contribution is -0.132. The normalized spacial score (nSPS) is 19.7. The molecule has 108 valence electrons. The first-order valence-electron chi connectivity index (χ1n) is 7.90. The summed E-state index contributed by atoms with van der Waals surface area (Å²) in [6.07, 6.45) is 5.64. The van der Waals surface area contributed by atoms with E-state index in [9.17, 15) is 4.79 Å². The minimum Gasteiger partial charge on any atom is -0.338 e. The van der Waals surface area contributed by atoms with Crippen molar-refractivity contribution < 1.29 is 4.79 Å². The fraction of sp³-hybridized carbons (Fsp3) is 0.588. The van der Waals surface area contributed by atoms with Crippen molar-refractivity contribution in [1.82, 2.24) is 9.80 Å². The van der Waals surface area contributed by atoms with Crippen LogP contribution in [0.15, 0.2) is 24.3 Å². The summed E-state index contributed by atoms with van der Waals surface area (Å²) in [5.74, 6) is 0.324. The van der Waals surface area contributed by atoms with Gasteiger partial charge in [0.2, 0.25) is 5.91 Å². The molecule has 1 fully saturated rings. The van der Waals surface area contributed by atoms with E-state index in [0.29, 0.717) is 12.3 Å². The first-order chi connectivity index (χ1) is 9.83. The molecule has 0 N–H and O–H groups in total. The van der Waals surface area contributed by atoms with Gasteiger partial charge in [0.25, 0.3) is 0 Å². The maximum absolute atomic E-state index is 12.3. The van der Waals surface area contributed by atoms with Crippen LogP contribution in [0, 0.1) is 0 Å². The topological polar surface area (TPSA) is 23.6 Å². The van der Waals surface area contributed by atoms with Gasteiger partial charge < -0.3 is 9.80 Å². The van der Waals surface area contributed by atoms with Crippen molar-refractivity contribution in [3.05, 3.63) is 35.4 Å². The molecule has 0 radical (unpaired) electrons. The Morgan fingerprint density at radius 3 is 2.55 bits per heavy atom. The molecule has 3 nitrogen and oxygen atoms in total. The Morgan fingerprint density at radius 2 is 1.75 bits per heavy atom. The quantitative estimate of drug-likeness (QED) is 0.844. The number of nitrogens with zero attached hydrogens (tertiary/aromatic N) is 2. The van der Waals surface area contributed by atoms with Crippen molar-refractivity contribution in [2.75, 3.05) is 26.2 Å². The summed E-state index contributed by atoms with van der Waals surface area (Å²) in [7, 11) is 0. The van der Waals surface area contributed by atoms with E-state index in [4.69, 9.17) is 0 Å². The molecule has 2 aliphatic rings. The maximum Gasteiger partial charge on any atom is 0.224 e. The van der Waals surface area contributed by atoms with Gasteiger partial charge in [-0.3, -0.25) is 4.79 Å². The van der Waals surface area contributed by atoms with E-state index in [-0.39, 0.29) is 0 Å². The summed E-state index contributed by atoms with van der Waals surface area (Å²) >= 11 is 0. The summed E-state index contributed by atoms with van der Waals surface area (Å²) < 4.78 is 0. The van der Waals surface area contributed by atoms with Crippen LogP contribution in [0.5, 0.6) is 0 Å². The largest absolute Gasteiger partial charge is 0.338 e. The number of likely N-dealkylation sites (tertiary alicyclic amines) is 1. The zero-order valence-corrected chi connectivity index (χ0v) is 12.2. The molecule has 1 aromatic carbocycles. The number of benzene rings is 1. The van der Waals surface area contributed by atoms with E-state index in [0.717, 1.165) is 26.1 Å². The number of amides is 1. The number of rotatable bonds is 3. The molecule has 2 heterocycles. The number of fused-ring (bicyclic) bond motifs is 1. The highest BCUT2D eigenvalue weighted by Gasteiger charge is 2.21. The van der Waals surface area contributed by atoms with E-state index >= 15 is 0 Å². The smallest absolute Gasteiger partial charge is 0.224 e. The van der Waals surface area contributed by atoms with Gasteiger partial charge >= 0.3 is 0 Å². The minimum absolute atomic E-state index is 0.324. The second-order valence-corrected chi connectivity index (χ2v) is 5.99. The lowest BCUT2D eigenvalue weighted by Crippen LogP contribution is -2.39. The highest BCUT2D eigenvalue weighted by Crippen LogP contribution is 2.19. The van der Waals surface area contributed by atoms with Crippen molar-refractivity contribution in [1.29, 1.82) is 0 Å². The molecule has 0 bridgehead atoms. The SMILES string of the molecule is O=C(CCN1CCCCC1)N1CCc2ccccc2C1. The van der Waals surface area contributed by atoms with Gasteiger partial charge in [-0.25, -0.2) is 0 Å². The summed E-state index contributed by atoms with van der Waals surface area (Å²) in [6.45, 7) is 4.98. The number of hydrogen-bond donors (Lipinski definition) is 0. The van der Waals surface area contributed by atoms with E-state index in [1.807, 2.05) is 4.90 Å². The van der Waals surface area contributed by atoms with Crippen LogP contribution in [-0.4, -0.2) is 41.9 Å². The van der Waals surface area contributed by atoms with Crippen LogP contribution in [0.25, 0.3) is 0 Å². The van der Waals surface area contributed by atoms with E-state index < -0.39 is 0 Å². The predicted octanol–water partition coefficient (Wildman–Crippen LogP) is 2.45. The summed E-state index contributed by atoms with van der Waals surface area (Å²) in [4.78, 5) is 16.8. The van der Waals surface area contributed by atoms with E-state index in [2.05, 4.69) is 29.2 Å². The Labute approximate surface area is 121 Å². The molecule has 1 saturated heterocycles. The van der Waals surface area contributed by atoms with Crippen LogP contribution in [0.4, 0.5) is 0 Å². The average molecular weight is 272 g/mol. The van der Waals surface area contributed by atoms with Gasteiger partial charge in [-0.1, -0.05) is 30.7 Å². The number of piperidine rings is 1. The first-order valence-corrected chi connectivity index (χ1v) is 7.90. The van der Waals surface area contributed by atoms with Crippen molar-refractivity contribution in [2.45, 2.75) is 38.6 Å². The Hall–Kier alpha value is -1.35. The lowest BCUT2D eigenvalue weighted by Gasteiger charge is -2.31. The van der Waals surface area contributed by atoms with Crippen molar-refractivity contribution in [2.24, 2.45) is 0 Å². The molecule has 1 amide bonds. The predicted molar refractivity (Wildman–Crippen MR) is 80.5 cm³/mol. The van der Waals surface area contributed by atoms with Crippen LogP contribution in [0.2, 0.25) is 0 Å². The molecular weight excluding hydrogens is 248 g/mol. The molecule has 20 heavy (non-hydrogen) atoms. The summed E-state index contributed by atoms with van der Waals surface area (Å²) in [6, 6.07) is 8.50. The van der Waals surface area contributed by atoms with Crippen molar-refractivity contribution in [3.8, 4) is 0 Å². The van der Waals surface area contributed by atoms with E-state index in [1.165, 1.54) is 43.5 Å². The van der Waals surface area contributed by atoms with Crippen LogP contribution in [0.3, 0.4) is 0 Å². The third-order valence-corrected chi connectivity index (χ3v) is 4.57. The average Bonchev–Trinajstić information content (AvgIpc) is 2.53. The monoisotopic (exact) mass is 272 g/mol. The molecule has 3 rings (SSSR count). The zero-order chi connectivity index (χ0) is 13.8. The third kappa shape index (κ3) is 3.21. The van der Waals surface area contributed by atoms with Crippen LogP contribution in [-0.2, 0) is 17.8 Å². The van der Waals surface area contributed by atoms with Gasteiger partial charge in [-0.2, -0.15) is 0 Å². The van der Waals surface area contributed by atoms with Gasteiger partial charge in [0.1, 0.15) is 0 Å². The second-order valence-electron chi connectivity index (χ2n) is 5.99. The first kappa shape index (κ1) is 13.6. The molecule has 0 atom stereocenters. The minimum atomic E-state index is 0.324. The molecule has 0 unspecified atom stereocenters. The highest BCUT2D eigenvalue weighted by atomic mass is 16.2. The van der Waals surface area contributed by atoms with Crippen molar-refractivity contribution >= 4 is 5.91 Å². The maximum atomic E-state index is 12.3. The summed E-state index contributed by atoms with van der Waals surface area (Å²) in [5, 5.41) is 0. The van der Waals surface area contributed by atoms with Crippen LogP contribution in [0.1, 0.15) is 36.8 Å². The fourth-order valence-corrected chi connectivity index (χ4v) is 3.30. The molecule has 0 spiro atoms. The van der Waals surface area contributed by atoms with Gasteiger partial charge in [0.15, 0.2) is 0 Å². The van der Waals surface area contributed by atoms with Gasteiger partial charge in [0.05, 0.1) is 0 Å². The molecule has 0 saturated carbocycles. The van der Waals surface area contributed by atoms with Crippen LogP contribution < -0.4 is 0 Å². The number of carbonyl (C=O) groups excluding carboxylic acids is 1. The third-order valence-electron chi connectivity index (χ3n) is 4.57. The Morgan fingerprint density at radius 1 is 1.00 bits per heavy atom. The standard InChI is InChI=1S/C17H24N2O/c20-17(9-12-18-10-4-1-5-11-18)19-13-8-15-6-2-3-7-16(15)14-19/h2-3,6-7H,1,4-5,8-14H2. The number of carbonyl (C=O) groups is 1. The van der Waals surface area contributed by atoms with Crippen molar-refractivity contribution in [3.63, 3.8) is 0 Å². The Kier molecular flexibility index (Phi) is 4.36. The van der Waals surface area contributed by atoms with E-state index in [1.54, 1.807) is 0 Å². The lowest BCUT2D eigenvalue weighted by atomic mass is 10.00. The fourth-order valence-electron chi connectivity index (χ4n) is 3.30. The summed E-state index contributed by atoms with van der Waals surface area (Å²) in [5.41, 5.74) is 2.73. The van der Waals surface area contributed by atoms with Crippen LogP contribution >= 0.6 is 0 Å². The molecule has 0 aliphatic carbocycles. The highest BCUT2D eigenvalue weighted by molar-refractivity contribution is 5.76. The molecular formula is C17H24N2O. The van der Waals surface area contributed by atoms with Gasteiger partial charge in [-0.15, -0.1) is 0 Å². The molecule has 3 heteroatoms. The Balaban J connectivity index is 1.51.